The molecule has 109 heavy (non-hydrogen) atoms. The van der Waals surface area contributed by atoms with E-state index in [0.29, 0.717) is 30.6 Å². The Bertz CT molecular complexity index is 3330. The van der Waals surface area contributed by atoms with Crippen molar-refractivity contribution in [3.63, 3.8) is 0 Å². The molecule has 6 fully saturated rings. The number of rotatable bonds is 10. The Hall–Kier alpha value is -7.46. The van der Waals surface area contributed by atoms with Crippen LogP contribution < -0.4 is 16.0 Å². The third-order valence-electron chi connectivity index (χ3n) is 23.6. The molecule has 4 aliphatic carbocycles. The van der Waals surface area contributed by atoms with E-state index in [4.69, 9.17) is 0 Å². The standard InChI is InChI=1S/C73H108F12N12O12/c1-13-40(2)58-66(107)91(8)37-56(100)92(9)49-21-15-14-18-28-96(65(49)106)52(31-41-22-25-44(26-23-41)72(80,81)82)64(105)90(7)36-54(98)86-48(27-24-42-29-46(75)57(47(76)30-42)73(83,84)85)62(103)97-35-45(74)32-50(97)61(102)88-70(38-69(3,4)39-70)68(109)95(12)59(43-19-16-17-20-43)67(108)94(11)51(63(104)89(5)6)33-55(99)93(10)53(60(101)87-58)34-71(77,78)79/h14-15,40-53,57-59H,13,16-39H2,1-12H3,(H,86,98)(H,87,101)(H,88,102)/b15-14-/t40-,41?,42?,44?,45+,46?,47?,48-,49-,50-,51-,52-,53-,57?,58-,59-/m0/s1. The summed E-state index contributed by atoms with van der Waals surface area (Å²) in [7, 11) is 9.26. The number of nitrogens with zero attached hydrogens (tertiary/aromatic N) is 9. The van der Waals surface area contributed by atoms with Crippen molar-refractivity contribution in [2.45, 2.75) is 253 Å². The SMILES string of the molecule is CC[C@H](C)[C@@H]1NC(=O)[C@H](CC(F)(F)F)N(C)C(=O)C[C@@H](C(=O)N(C)C)N(C)C(=O)[C@H](C2CCCC2)N(C)C(=O)C2(CC(C)(C)C2)NC(=O)[C@@H]2C[C@@H](F)CN2C(=O)[C@H](CCC2CC(F)C(C(F)(F)F)C(F)C2)NC(=O)CN(C)C(=O)[C@H](CC2CCC(C(F)(F)F)CC2)N2CC/C=C\C[C@@H](C2=O)N(C)C(=O)CN(C)C1=O. The van der Waals surface area contributed by atoms with Crippen molar-refractivity contribution in [2.75, 3.05) is 82.6 Å². The molecule has 2 bridgehead atoms. The lowest BCUT2D eigenvalue weighted by Gasteiger charge is -2.54. The molecular formula is C73H108F12N12O12. The maximum absolute atomic E-state index is 16.2. The third-order valence-corrected chi connectivity index (χ3v) is 23.6. The highest BCUT2D eigenvalue weighted by molar-refractivity contribution is 6.01. The largest absolute Gasteiger partial charge is 0.397 e. The zero-order valence-corrected chi connectivity index (χ0v) is 64.1. The second-order valence-corrected chi connectivity index (χ2v) is 32.5. The summed E-state index contributed by atoms with van der Waals surface area (Å²) in [6.45, 7) is 3.63. The zero-order chi connectivity index (χ0) is 81.7. The Morgan fingerprint density at radius 3 is 1.77 bits per heavy atom. The van der Waals surface area contributed by atoms with Gasteiger partial charge in [-0.1, -0.05) is 59.1 Å². The van der Waals surface area contributed by atoms with Gasteiger partial charge < -0.3 is 60.0 Å². The van der Waals surface area contributed by atoms with E-state index in [0.717, 1.165) is 67.4 Å². The van der Waals surface area contributed by atoms with Gasteiger partial charge in [0.05, 0.1) is 38.4 Å². The van der Waals surface area contributed by atoms with Gasteiger partial charge in [0.1, 0.15) is 78.3 Å². The van der Waals surface area contributed by atoms with Gasteiger partial charge in [0.15, 0.2) is 0 Å². The predicted molar refractivity (Wildman–Crippen MR) is 371 cm³/mol. The molecular weight excluding hydrogens is 1460 g/mol. The quantitative estimate of drug-likeness (QED) is 0.150. The predicted octanol–water partition coefficient (Wildman–Crippen LogP) is 6.83. The van der Waals surface area contributed by atoms with Crippen LogP contribution in [0.1, 0.15) is 163 Å². The number of fused-ring (bicyclic) bond motifs is 3. The Labute approximate surface area is 628 Å². The topological polar surface area (TPSA) is 270 Å². The highest BCUT2D eigenvalue weighted by Gasteiger charge is 2.60. The summed E-state index contributed by atoms with van der Waals surface area (Å²) in [5, 5.41) is 7.59. The highest BCUT2D eigenvalue weighted by Crippen LogP contribution is 2.50. The number of likely N-dealkylation sites (N-methyl/N-ethyl adjacent to an activating group) is 7. The fourth-order valence-corrected chi connectivity index (χ4v) is 17.3. The van der Waals surface area contributed by atoms with Crippen LogP contribution in [-0.4, -0.2) is 288 Å². The second-order valence-electron chi connectivity index (χ2n) is 32.5. The van der Waals surface area contributed by atoms with Gasteiger partial charge in [0, 0.05) is 69.3 Å². The first kappa shape index (κ1) is 88.8. The number of halogens is 12. The number of carbonyl (C=O) groups is 12. The smallest absolute Gasteiger partial charge is 0.347 e. The molecule has 0 aromatic carbocycles. The molecule has 12 amide bonds. The molecule has 3 aliphatic heterocycles. The maximum atomic E-state index is 16.2. The average Bonchev–Trinajstić information content (AvgIpc) is 1.54. The van der Waals surface area contributed by atoms with Gasteiger partial charge >= 0.3 is 18.5 Å². The normalized spacial score (nSPS) is 32.4. The monoisotopic (exact) mass is 1570 g/mol. The Morgan fingerprint density at radius 1 is 0.624 bits per heavy atom. The number of alkyl halides is 12. The minimum atomic E-state index is -5.27. The van der Waals surface area contributed by atoms with Gasteiger partial charge in [0.25, 0.3) is 0 Å². The first-order valence-corrected chi connectivity index (χ1v) is 37.6. The van der Waals surface area contributed by atoms with Crippen molar-refractivity contribution < 1.29 is 110 Å². The molecule has 2 unspecified atom stereocenters. The lowest BCUT2D eigenvalue weighted by atomic mass is 9.58. The van der Waals surface area contributed by atoms with Crippen LogP contribution in [0.5, 0.6) is 0 Å². The number of carbonyl (C=O) groups excluding carboxylic acids is 12. The highest BCUT2D eigenvalue weighted by atomic mass is 19.4. The van der Waals surface area contributed by atoms with Crippen LogP contribution in [0.3, 0.4) is 0 Å². The van der Waals surface area contributed by atoms with Gasteiger partial charge in [-0.15, -0.1) is 0 Å². The summed E-state index contributed by atoms with van der Waals surface area (Å²) < 4.78 is 175. The lowest BCUT2D eigenvalue weighted by molar-refractivity contribution is -0.219. The molecule has 3 heterocycles. The summed E-state index contributed by atoms with van der Waals surface area (Å²) in [6, 6.07) is -14.2. The van der Waals surface area contributed by atoms with E-state index in [2.05, 4.69) is 16.0 Å². The molecule has 7 aliphatic rings. The van der Waals surface area contributed by atoms with Crippen LogP contribution in [0.25, 0.3) is 0 Å². The van der Waals surface area contributed by atoms with Gasteiger partial charge in [-0.3, -0.25) is 57.5 Å². The summed E-state index contributed by atoms with van der Waals surface area (Å²) >= 11 is 0. The van der Waals surface area contributed by atoms with Crippen LogP contribution in [0.4, 0.5) is 52.7 Å². The van der Waals surface area contributed by atoms with Crippen LogP contribution in [0, 0.1) is 40.9 Å². The van der Waals surface area contributed by atoms with Crippen molar-refractivity contribution >= 4 is 70.9 Å². The minimum Gasteiger partial charge on any atom is -0.347 e. The zero-order valence-electron chi connectivity index (χ0n) is 64.1. The molecule has 7 rings (SSSR count). The van der Waals surface area contributed by atoms with E-state index in [1.165, 1.54) is 35.1 Å². The first-order chi connectivity index (χ1) is 50.5. The molecule has 36 heteroatoms. The van der Waals surface area contributed by atoms with Crippen LogP contribution in [0.15, 0.2) is 12.2 Å². The summed E-state index contributed by atoms with van der Waals surface area (Å²) in [4.78, 5) is 187. The van der Waals surface area contributed by atoms with Crippen molar-refractivity contribution in [3.05, 3.63) is 12.2 Å². The number of amides is 12. The number of hydrogen-bond acceptors (Lipinski definition) is 12. The molecule has 4 saturated carbocycles. The Balaban J connectivity index is 1.33. The van der Waals surface area contributed by atoms with Crippen LogP contribution >= 0.6 is 0 Å². The summed E-state index contributed by atoms with van der Waals surface area (Å²) in [5.41, 5.74) is -2.67. The van der Waals surface area contributed by atoms with Crippen molar-refractivity contribution in [1.82, 2.24) is 60.0 Å². The minimum absolute atomic E-state index is 0.0735. The molecule has 0 aromatic heterocycles. The molecule has 0 aromatic rings. The van der Waals surface area contributed by atoms with Gasteiger partial charge in [-0.05, 0) is 125 Å². The van der Waals surface area contributed by atoms with Crippen LogP contribution in [0.2, 0.25) is 0 Å². The Kier molecular flexibility index (Phi) is 29.2. The molecule has 1 spiro atoms. The molecule has 12 atom stereocenters. The average molecular weight is 1570 g/mol. The van der Waals surface area contributed by atoms with E-state index in [1.807, 2.05) is 0 Å². The summed E-state index contributed by atoms with van der Waals surface area (Å²) in [5.74, 6) is -20.8. The van der Waals surface area contributed by atoms with Crippen molar-refractivity contribution in [1.29, 1.82) is 0 Å². The third kappa shape index (κ3) is 21.6. The van der Waals surface area contributed by atoms with E-state index in [9.17, 15) is 68.3 Å². The van der Waals surface area contributed by atoms with E-state index < -0.39 is 267 Å². The second kappa shape index (κ2) is 35.9. The van der Waals surface area contributed by atoms with E-state index in [-0.39, 0.29) is 70.8 Å². The molecule has 3 N–H and O–H groups in total. The molecule has 616 valence electrons. The van der Waals surface area contributed by atoms with Crippen molar-refractivity contribution in [3.8, 4) is 0 Å². The fourth-order valence-electron chi connectivity index (χ4n) is 17.3. The Morgan fingerprint density at radius 2 is 1.22 bits per heavy atom. The van der Waals surface area contributed by atoms with Crippen LogP contribution in [-0.2, 0) is 57.5 Å². The van der Waals surface area contributed by atoms with Crippen molar-refractivity contribution in [2.24, 2.45) is 40.9 Å². The fraction of sp³-hybridized carbons (Fsp3) is 0.808. The van der Waals surface area contributed by atoms with E-state index in [1.54, 1.807) is 32.9 Å². The van der Waals surface area contributed by atoms with Gasteiger partial charge in [-0.2, -0.15) is 39.5 Å². The van der Waals surface area contributed by atoms with Gasteiger partial charge in [-0.25, -0.2) is 13.2 Å². The molecule has 2 saturated heterocycles. The molecule has 24 nitrogen and oxygen atoms in total. The summed E-state index contributed by atoms with van der Waals surface area (Å²) in [6.07, 6.45) is -25.5. The first-order valence-electron chi connectivity index (χ1n) is 37.6. The lowest BCUT2D eigenvalue weighted by Crippen LogP contribution is -2.71. The number of hydrogen-bond donors (Lipinski definition) is 3. The number of nitrogens with one attached hydrogen (secondary N) is 3. The maximum Gasteiger partial charge on any atom is 0.397 e. The molecule has 0 radical (unpaired) electrons. The van der Waals surface area contributed by atoms with Gasteiger partial charge in [0.2, 0.25) is 70.9 Å². The van der Waals surface area contributed by atoms with E-state index >= 15 is 41.9 Å².